The van der Waals surface area contributed by atoms with Gasteiger partial charge in [0, 0.05) is 31.3 Å². The van der Waals surface area contributed by atoms with Gasteiger partial charge in [-0.25, -0.2) is 13.6 Å². The van der Waals surface area contributed by atoms with Crippen LogP contribution in [0.1, 0.15) is 21.6 Å². The van der Waals surface area contributed by atoms with Crippen molar-refractivity contribution in [3.8, 4) is 5.88 Å². The molecule has 122 valence electrons. The van der Waals surface area contributed by atoms with E-state index in [-0.39, 0.29) is 11.9 Å². The van der Waals surface area contributed by atoms with Crippen LogP contribution < -0.4 is 15.3 Å². The fourth-order valence-electron chi connectivity index (χ4n) is 2.45. The molecule has 23 heavy (non-hydrogen) atoms. The number of hydrogen-bond acceptors (Lipinski definition) is 4. The highest BCUT2D eigenvalue weighted by Gasteiger charge is 2.22. The molecule has 3 rings (SSSR count). The molecule has 0 radical (unpaired) electrons. The first-order chi connectivity index (χ1) is 11.7. The summed E-state index contributed by atoms with van der Waals surface area (Å²) in [6.07, 6.45) is 0.778. The van der Waals surface area contributed by atoms with Crippen LogP contribution in [0, 0.1) is 11.6 Å². The van der Waals surface area contributed by atoms with Crippen molar-refractivity contribution in [2.24, 2.45) is 0 Å². The molecule has 0 unspecified atom stereocenters. The number of anilines is 1. The lowest BCUT2D eigenvalue weighted by atomic mass is 10.1. The fourth-order valence-corrected chi connectivity index (χ4v) is 2.45. The topological polar surface area (TPSA) is 47.4 Å². The third-order valence-electron chi connectivity index (χ3n) is 3.98. The van der Waals surface area contributed by atoms with Gasteiger partial charge in [0.15, 0.2) is 11.6 Å². The van der Waals surface area contributed by atoms with Crippen molar-refractivity contribution < 1.29 is 16.3 Å². The molecule has 2 heterocycles. The second kappa shape index (κ2) is 5.98. The van der Waals surface area contributed by atoms with Gasteiger partial charge in [0.05, 0.1) is 2.74 Å². The molecule has 0 aliphatic carbocycles. The van der Waals surface area contributed by atoms with Crippen LogP contribution in [0.4, 0.5) is 14.6 Å². The molecule has 7 heteroatoms. The predicted molar refractivity (Wildman–Crippen MR) is 81.7 cm³/mol. The minimum Gasteiger partial charge on any atom is -0.472 e. The van der Waals surface area contributed by atoms with E-state index in [9.17, 15) is 13.6 Å². The molecule has 1 aromatic carbocycles. The van der Waals surface area contributed by atoms with Gasteiger partial charge in [0.2, 0.25) is 5.88 Å². The van der Waals surface area contributed by atoms with Crippen molar-refractivity contribution in [3.05, 3.63) is 51.9 Å². The standard InChI is InChI=1S/C16H17F2N3O2/c1-10-6-7-21-14(20(10)2)8-13(19-16(21)22)23-9-11-4-3-5-12(17)15(11)18/h3-5,8,10H,6-7,9H2,1-2H3/t10-/m0/s1/i9D2. The van der Waals surface area contributed by atoms with E-state index in [1.54, 1.807) is 7.05 Å². The Kier molecular flexibility index (Phi) is 3.39. The zero-order valence-corrected chi connectivity index (χ0v) is 12.7. The molecule has 0 saturated carbocycles. The molecular formula is C16H17F2N3O2. The van der Waals surface area contributed by atoms with Gasteiger partial charge < -0.3 is 9.64 Å². The summed E-state index contributed by atoms with van der Waals surface area (Å²) in [7, 11) is 1.81. The van der Waals surface area contributed by atoms with Crippen molar-refractivity contribution in [1.82, 2.24) is 9.55 Å². The normalized spacial score (nSPS) is 19.0. The summed E-state index contributed by atoms with van der Waals surface area (Å²) in [6.45, 7) is -0.196. The Labute approximate surface area is 134 Å². The Bertz CT molecular complexity index is 873. The van der Waals surface area contributed by atoms with Gasteiger partial charge in [-0.2, -0.15) is 4.98 Å². The van der Waals surface area contributed by atoms with E-state index in [4.69, 9.17) is 7.48 Å². The molecule has 2 aromatic rings. The number of nitrogens with zero attached hydrogens (tertiary/aromatic N) is 3. The summed E-state index contributed by atoms with van der Waals surface area (Å²) in [6, 6.07) is 4.75. The number of fused-ring (bicyclic) bond motifs is 1. The van der Waals surface area contributed by atoms with Crippen LogP contribution in [0.2, 0.25) is 0 Å². The lowest BCUT2D eigenvalue weighted by Gasteiger charge is -2.34. The number of ether oxygens (including phenoxy) is 1. The maximum atomic E-state index is 13.9. The second-order valence-electron chi connectivity index (χ2n) is 5.44. The molecule has 1 aliphatic rings. The fraction of sp³-hybridized carbons (Fsp3) is 0.375. The number of aromatic nitrogens is 2. The van der Waals surface area contributed by atoms with Gasteiger partial charge in [-0.1, -0.05) is 12.1 Å². The Morgan fingerprint density at radius 3 is 3.04 bits per heavy atom. The molecule has 1 aliphatic heterocycles. The number of halogens is 2. The monoisotopic (exact) mass is 323 g/mol. The summed E-state index contributed by atoms with van der Waals surface area (Å²) in [5, 5.41) is 0. The average molecular weight is 323 g/mol. The minimum absolute atomic E-state index is 0.187. The van der Waals surface area contributed by atoms with Crippen LogP contribution in [0.25, 0.3) is 0 Å². The van der Waals surface area contributed by atoms with Gasteiger partial charge in [-0.05, 0) is 19.4 Å². The van der Waals surface area contributed by atoms with Crippen molar-refractivity contribution in [2.75, 3.05) is 11.9 Å². The second-order valence-corrected chi connectivity index (χ2v) is 5.44. The smallest absolute Gasteiger partial charge is 0.352 e. The van der Waals surface area contributed by atoms with Gasteiger partial charge in [0.25, 0.3) is 0 Å². The molecule has 0 saturated heterocycles. The highest BCUT2D eigenvalue weighted by Crippen LogP contribution is 2.24. The average Bonchev–Trinajstić information content (AvgIpc) is 2.53. The van der Waals surface area contributed by atoms with E-state index in [1.807, 2.05) is 11.8 Å². The summed E-state index contributed by atoms with van der Waals surface area (Å²) < 4.78 is 49.7. The van der Waals surface area contributed by atoms with Crippen molar-refractivity contribution in [3.63, 3.8) is 0 Å². The van der Waals surface area contributed by atoms with Gasteiger partial charge in [-0.3, -0.25) is 4.57 Å². The van der Waals surface area contributed by atoms with Crippen molar-refractivity contribution in [2.45, 2.75) is 32.5 Å². The minimum atomic E-state index is -2.69. The Hall–Kier alpha value is -2.44. The number of rotatable bonds is 3. The van der Waals surface area contributed by atoms with Crippen molar-refractivity contribution >= 4 is 5.82 Å². The van der Waals surface area contributed by atoms with Gasteiger partial charge in [0.1, 0.15) is 12.4 Å². The largest absolute Gasteiger partial charge is 0.472 e. The van der Waals surface area contributed by atoms with E-state index in [1.165, 1.54) is 16.7 Å². The highest BCUT2D eigenvalue weighted by atomic mass is 19.2. The van der Waals surface area contributed by atoms with E-state index < -0.39 is 29.4 Å². The van der Waals surface area contributed by atoms with Crippen LogP contribution in [-0.4, -0.2) is 22.6 Å². The summed E-state index contributed by atoms with van der Waals surface area (Å²) in [5.41, 5.74) is -1.18. The highest BCUT2D eigenvalue weighted by molar-refractivity contribution is 5.43. The molecule has 1 atom stereocenters. The maximum absolute atomic E-state index is 13.9. The van der Waals surface area contributed by atoms with Gasteiger partial charge in [-0.15, -0.1) is 0 Å². The Morgan fingerprint density at radius 1 is 1.48 bits per heavy atom. The molecule has 0 amide bonds. The van der Waals surface area contributed by atoms with E-state index in [0.29, 0.717) is 12.4 Å². The summed E-state index contributed by atoms with van der Waals surface area (Å²) >= 11 is 0. The Morgan fingerprint density at radius 2 is 2.26 bits per heavy atom. The zero-order chi connectivity index (χ0) is 18.4. The molecule has 5 nitrogen and oxygen atoms in total. The number of benzene rings is 1. The quantitative estimate of drug-likeness (QED) is 0.870. The lowest BCUT2D eigenvalue weighted by molar-refractivity contribution is 0.282. The first kappa shape index (κ1) is 13.0. The van der Waals surface area contributed by atoms with Crippen LogP contribution in [-0.2, 0) is 13.1 Å². The molecule has 1 aromatic heterocycles. The third kappa shape index (κ3) is 2.91. The van der Waals surface area contributed by atoms with Gasteiger partial charge >= 0.3 is 5.69 Å². The first-order valence-electron chi connectivity index (χ1n) is 8.19. The van der Waals surface area contributed by atoms with E-state index >= 15 is 0 Å². The SMILES string of the molecule is [2H]C([2H])(Oc1cc2n(c(=O)n1)CC[C@H](C)N2C)c1cccc(F)c1F. The molecule has 0 bridgehead atoms. The van der Waals surface area contributed by atoms with Crippen LogP contribution >= 0.6 is 0 Å². The van der Waals surface area contributed by atoms with E-state index in [2.05, 4.69) is 4.98 Å². The summed E-state index contributed by atoms with van der Waals surface area (Å²) in [5.74, 6) is -2.28. The Balaban J connectivity index is 1.99. The third-order valence-corrected chi connectivity index (χ3v) is 3.98. The number of hydrogen-bond donors (Lipinski definition) is 0. The lowest BCUT2D eigenvalue weighted by Crippen LogP contribution is -2.41. The van der Waals surface area contributed by atoms with E-state index in [0.717, 1.165) is 18.6 Å². The van der Waals surface area contributed by atoms with Crippen LogP contribution in [0.15, 0.2) is 29.1 Å². The summed E-state index contributed by atoms with van der Waals surface area (Å²) in [4.78, 5) is 17.7. The van der Waals surface area contributed by atoms with Crippen molar-refractivity contribution in [1.29, 1.82) is 0 Å². The van der Waals surface area contributed by atoms with Crippen LogP contribution in [0.3, 0.4) is 0 Å². The predicted octanol–water partition coefficient (Wildman–Crippen LogP) is 2.33. The first-order valence-corrected chi connectivity index (χ1v) is 7.19. The zero-order valence-electron chi connectivity index (χ0n) is 14.7. The maximum Gasteiger partial charge on any atom is 0.352 e. The van der Waals surface area contributed by atoms with Crippen LogP contribution in [0.5, 0.6) is 5.88 Å². The molecule has 0 fully saturated rings. The molecular weight excluding hydrogens is 304 g/mol. The molecule has 0 N–H and O–H groups in total. The molecule has 0 spiro atoms.